The fourth-order valence-corrected chi connectivity index (χ4v) is 4.94. The van der Waals surface area contributed by atoms with Gasteiger partial charge in [-0.15, -0.1) is 0 Å². The number of likely N-dealkylation sites (tertiary alicyclic amines) is 1. The van der Waals surface area contributed by atoms with Gasteiger partial charge in [0.2, 0.25) is 0 Å². The number of amides is 1. The minimum absolute atomic E-state index is 0.0903. The summed E-state index contributed by atoms with van der Waals surface area (Å²) < 4.78 is 5.43. The summed E-state index contributed by atoms with van der Waals surface area (Å²) in [6.07, 6.45) is 1.87. The number of anilines is 2. The molecule has 0 spiro atoms. The number of carbonyl (C=O) groups is 1. The van der Waals surface area contributed by atoms with Crippen LogP contribution in [0.4, 0.5) is 11.5 Å². The minimum atomic E-state index is 0.0903. The van der Waals surface area contributed by atoms with E-state index in [1.807, 2.05) is 36.2 Å². The van der Waals surface area contributed by atoms with E-state index in [-0.39, 0.29) is 11.8 Å². The summed E-state index contributed by atoms with van der Waals surface area (Å²) in [5.74, 6) is 2.08. The molecule has 3 aliphatic heterocycles. The highest BCUT2D eigenvalue weighted by atomic mass is 16.5. The van der Waals surface area contributed by atoms with Gasteiger partial charge in [-0.05, 0) is 44.2 Å². The van der Waals surface area contributed by atoms with Crippen molar-refractivity contribution < 1.29 is 9.53 Å². The number of morpholine rings is 1. The molecule has 4 heterocycles. The van der Waals surface area contributed by atoms with Gasteiger partial charge in [0.1, 0.15) is 11.6 Å². The highest BCUT2D eigenvalue weighted by Crippen LogP contribution is 2.30. The maximum absolute atomic E-state index is 13.1. The predicted octanol–water partition coefficient (Wildman–Crippen LogP) is 1.97. The van der Waals surface area contributed by atoms with Gasteiger partial charge >= 0.3 is 0 Å². The van der Waals surface area contributed by atoms with Gasteiger partial charge in [-0.25, -0.2) is 9.97 Å². The largest absolute Gasteiger partial charge is 0.378 e. The lowest BCUT2D eigenvalue weighted by molar-refractivity contribution is 0.0790. The van der Waals surface area contributed by atoms with E-state index in [0.29, 0.717) is 6.54 Å². The van der Waals surface area contributed by atoms with Gasteiger partial charge in [0.15, 0.2) is 0 Å². The van der Waals surface area contributed by atoms with Gasteiger partial charge in [0, 0.05) is 69.0 Å². The lowest BCUT2D eigenvalue weighted by Crippen LogP contribution is -2.36. The van der Waals surface area contributed by atoms with E-state index < -0.39 is 0 Å². The van der Waals surface area contributed by atoms with Crippen molar-refractivity contribution in [2.45, 2.75) is 25.3 Å². The number of hydrogen-bond acceptors (Lipinski definition) is 7. The smallest absolute Gasteiger partial charge is 0.253 e. The third-order valence-electron chi connectivity index (χ3n) is 6.84. The molecule has 1 aromatic heterocycles. The molecule has 0 aliphatic carbocycles. The highest BCUT2D eigenvalue weighted by molar-refractivity contribution is 5.94. The molecular weight excluding hydrogens is 404 g/mol. The average molecular weight is 437 g/mol. The monoisotopic (exact) mass is 436 g/mol. The number of rotatable bonds is 4. The van der Waals surface area contributed by atoms with Crippen molar-refractivity contribution in [3.63, 3.8) is 0 Å². The Hall–Kier alpha value is -2.71. The molecule has 8 nitrogen and oxygen atoms in total. The Morgan fingerprint density at radius 3 is 2.62 bits per heavy atom. The number of carbonyl (C=O) groups excluding carboxylic acids is 1. The molecular formula is C24H32N6O2. The van der Waals surface area contributed by atoms with E-state index in [4.69, 9.17) is 14.7 Å². The summed E-state index contributed by atoms with van der Waals surface area (Å²) in [4.78, 5) is 29.5. The predicted molar refractivity (Wildman–Crippen MR) is 124 cm³/mol. The molecule has 170 valence electrons. The van der Waals surface area contributed by atoms with Gasteiger partial charge in [-0.3, -0.25) is 4.79 Å². The molecule has 2 saturated heterocycles. The Morgan fingerprint density at radius 1 is 1.09 bits per heavy atom. The molecule has 0 bridgehead atoms. The van der Waals surface area contributed by atoms with Crippen LogP contribution in [0.25, 0.3) is 0 Å². The van der Waals surface area contributed by atoms with Crippen LogP contribution < -0.4 is 10.2 Å². The van der Waals surface area contributed by atoms with E-state index in [9.17, 15) is 4.79 Å². The number of likely N-dealkylation sites (N-methyl/N-ethyl adjacent to an activating group) is 1. The maximum Gasteiger partial charge on any atom is 0.253 e. The summed E-state index contributed by atoms with van der Waals surface area (Å²) in [5, 5.41) is 3.26. The third kappa shape index (κ3) is 4.17. The van der Waals surface area contributed by atoms with Crippen LogP contribution in [0.3, 0.4) is 0 Å². The molecule has 1 aromatic carbocycles. The second kappa shape index (κ2) is 9.03. The van der Waals surface area contributed by atoms with E-state index in [1.165, 1.54) is 5.56 Å². The standard InChI is InChI=1S/C24H32N6O2/c1-25-23-20-8-9-28(2)16-21(20)26-22(27-23)18-7-10-30(15-18)24(31)17-3-5-19(6-4-17)29-11-13-32-14-12-29/h3-6,18H,7-16H2,1-2H3,(H,25,26,27)/t18-/m1/s1. The lowest BCUT2D eigenvalue weighted by Gasteiger charge is -2.29. The summed E-state index contributed by atoms with van der Waals surface area (Å²) in [6, 6.07) is 8.00. The van der Waals surface area contributed by atoms with Gasteiger partial charge < -0.3 is 24.8 Å². The molecule has 1 amide bonds. The fraction of sp³-hybridized carbons (Fsp3) is 0.542. The zero-order valence-corrected chi connectivity index (χ0v) is 19.0. The SMILES string of the molecule is CNc1nc([C@@H]2CCN(C(=O)c3ccc(N4CCOCC4)cc3)C2)nc2c1CCN(C)C2. The van der Waals surface area contributed by atoms with Crippen molar-refractivity contribution in [1.29, 1.82) is 0 Å². The number of ether oxygens (including phenoxy) is 1. The number of nitrogens with one attached hydrogen (secondary N) is 1. The molecule has 1 N–H and O–H groups in total. The number of benzene rings is 1. The number of nitrogens with zero attached hydrogens (tertiary/aromatic N) is 5. The van der Waals surface area contributed by atoms with Crippen molar-refractivity contribution in [1.82, 2.24) is 19.8 Å². The second-order valence-electron chi connectivity index (χ2n) is 8.98. The first kappa shape index (κ1) is 21.2. The van der Waals surface area contributed by atoms with Gasteiger partial charge in [0.25, 0.3) is 5.91 Å². The van der Waals surface area contributed by atoms with Crippen molar-refractivity contribution >= 4 is 17.4 Å². The van der Waals surface area contributed by atoms with E-state index in [0.717, 1.165) is 87.4 Å². The first-order valence-corrected chi connectivity index (χ1v) is 11.6. The summed E-state index contributed by atoms with van der Waals surface area (Å²) >= 11 is 0. The molecule has 3 aliphatic rings. The van der Waals surface area contributed by atoms with Crippen LogP contribution in [-0.4, -0.2) is 85.7 Å². The van der Waals surface area contributed by atoms with Gasteiger partial charge in [-0.1, -0.05) is 0 Å². The molecule has 0 saturated carbocycles. The van der Waals surface area contributed by atoms with Crippen LogP contribution in [-0.2, 0) is 17.7 Å². The minimum Gasteiger partial charge on any atom is -0.378 e. The van der Waals surface area contributed by atoms with Crippen LogP contribution in [0.1, 0.15) is 39.8 Å². The van der Waals surface area contributed by atoms with E-state index in [1.54, 1.807) is 0 Å². The summed E-state index contributed by atoms with van der Waals surface area (Å²) in [5.41, 5.74) is 4.25. The van der Waals surface area contributed by atoms with E-state index in [2.05, 4.69) is 22.2 Å². The van der Waals surface area contributed by atoms with Crippen LogP contribution in [0, 0.1) is 0 Å². The quantitative estimate of drug-likeness (QED) is 0.786. The molecule has 8 heteroatoms. The van der Waals surface area contributed by atoms with Crippen molar-refractivity contribution in [2.24, 2.45) is 0 Å². The second-order valence-corrected chi connectivity index (χ2v) is 8.98. The molecule has 0 radical (unpaired) electrons. The van der Waals surface area contributed by atoms with Crippen LogP contribution in [0.2, 0.25) is 0 Å². The van der Waals surface area contributed by atoms with Gasteiger partial charge in [0.05, 0.1) is 18.9 Å². The van der Waals surface area contributed by atoms with Crippen molar-refractivity contribution in [3.8, 4) is 0 Å². The number of aromatic nitrogens is 2. The Kier molecular flexibility index (Phi) is 5.97. The van der Waals surface area contributed by atoms with Crippen LogP contribution in [0.5, 0.6) is 0 Å². The third-order valence-corrected chi connectivity index (χ3v) is 6.84. The summed E-state index contributed by atoms with van der Waals surface area (Å²) in [7, 11) is 4.06. The van der Waals surface area contributed by atoms with Crippen molar-refractivity contribution in [3.05, 3.63) is 46.9 Å². The molecule has 2 fully saturated rings. The van der Waals surface area contributed by atoms with E-state index >= 15 is 0 Å². The Balaban J connectivity index is 1.28. The first-order chi connectivity index (χ1) is 15.6. The lowest BCUT2D eigenvalue weighted by atomic mass is 10.0. The maximum atomic E-state index is 13.1. The van der Waals surface area contributed by atoms with Gasteiger partial charge in [-0.2, -0.15) is 0 Å². The Labute approximate surface area is 189 Å². The highest BCUT2D eigenvalue weighted by Gasteiger charge is 2.31. The number of hydrogen-bond donors (Lipinski definition) is 1. The fourth-order valence-electron chi connectivity index (χ4n) is 4.94. The normalized spacial score (nSPS) is 21.5. The molecule has 1 atom stereocenters. The molecule has 0 unspecified atom stereocenters. The average Bonchev–Trinajstić information content (AvgIpc) is 3.34. The zero-order chi connectivity index (χ0) is 22.1. The molecule has 32 heavy (non-hydrogen) atoms. The zero-order valence-electron chi connectivity index (χ0n) is 19.0. The number of fused-ring (bicyclic) bond motifs is 1. The Bertz CT molecular complexity index is 973. The molecule has 2 aromatic rings. The van der Waals surface area contributed by atoms with Crippen molar-refractivity contribution in [2.75, 3.05) is 70.2 Å². The Morgan fingerprint density at radius 2 is 1.88 bits per heavy atom. The topological polar surface area (TPSA) is 73.8 Å². The first-order valence-electron chi connectivity index (χ1n) is 11.6. The van der Waals surface area contributed by atoms with Crippen LogP contribution in [0.15, 0.2) is 24.3 Å². The molecule has 5 rings (SSSR count). The van der Waals surface area contributed by atoms with Crippen LogP contribution >= 0.6 is 0 Å². The summed E-state index contributed by atoms with van der Waals surface area (Å²) in [6.45, 7) is 6.59.